The monoisotopic (exact) mass is 305 g/mol. The molecule has 0 aliphatic carbocycles. The Bertz CT molecular complexity index is 584. The fourth-order valence-electron chi connectivity index (χ4n) is 1.89. The minimum Gasteiger partial charge on any atom is -0.467 e. The molecule has 1 aromatic rings. The number of urea groups is 1. The van der Waals surface area contributed by atoms with E-state index in [-0.39, 0.29) is 5.76 Å². The standard InChI is InChI=1S/C11H10F3N3O4/c1-6(18)15-10(11(12,13)14)8(19)17(9(20)16-10)5-7-3-2-4-21-7/h2-4H,5H2,1H3,(H,15,18)(H,16,20)/t10-/m1/s1. The predicted octanol–water partition coefficient (Wildman–Crippen LogP) is 0.726. The number of rotatable bonds is 3. The maximum atomic E-state index is 13.2. The van der Waals surface area contributed by atoms with E-state index < -0.39 is 36.2 Å². The molecule has 7 nitrogen and oxygen atoms in total. The average Bonchev–Trinajstić information content (AvgIpc) is 2.91. The Balaban J connectivity index is 2.35. The number of carbonyl (C=O) groups is 3. The third-order valence-electron chi connectivity index (χ3n) is 2.79. The van der Waals surface area contributed by atoms with E-state index in [4.69, 9.17) is 4.42 Å². The number of hydrogen-bond acceptors (Lipinski definition) is 4. The second kappa shape index (κ2) is 4.79. The molecule has 0 spiro atoms. The van der Waals surface area contributed by atoms with Crippen LogP contribution in [-0.4, -0.2) is 34.6 Å². The fraction of sp³-hybridized carbons (Fsp3) is 0.364. The van der Waals surface area contributed by atoms with Crippen LogP contribution in [-0.2, 0) is 16.1 Å². The lowest BCUT2D eigenvalue weighted by atomic mass is 10.1. The number of halogens is 3. The van der Waals surface area contributed by atoms with Crippen molar-refractivity contribution in [2.45, 2.75) is 25.3 Å². The summed E-state index contributed by atoms with van der Waals surface area (Å²) in [6, 6.07) is 1.58. The summed E-state index contributed by atoms with van der Waals surface area (Å²) < 4.78 is 44.3. The van der Waals surface area contributed by atoms with Gasteiger partial charge in [0.15, 0.2) is 0 Å². The molecule has 1 aliphatic heterocycles. The van der Waals surface area contributed by atoms with Crippen molar-refractivity contribution >= 4 is 17.8 Å². The molecule has 4 amide bonds. The maximum Gasteiger partial charge on any atom is 0.440 e. The highest BCUT2D eigenvalue weighted by molar-refractivity contribution is 6.08. The zero-order valence-electron chi connectivity index (χ0n) is 10.7. The third kappa shape index (κ3) is 2.43. The van der Waals surface area contributed by atoms with Gasteiger partial charge in [0.05, 0.1) is 12.8 Å². The van der Waals surface area contributed by atoms with Crippen LogP contribution in [0.2, 0.25) is 0 Å². The smallest absolute Gasteiger partial charge is 0.440 e. The topological polar surface area (TPSA) is 91.7 Å². The molecule has 10 heteroatoms. The minimum absolute atomic E-state index is 0.124. The van der Waals surface area contributed by atoms with Crippen molar-refractivity contribution in [2.75, 3.05) is 0 Å². The average molecular weight is 305 g/mol. The number of nitrogens with one attached hydrogen (secondary N) is 2. The number of imide groups is 1. The second-order valence-corrected chi connectivity index (χ2v) is 4.33. The van der Waals surface area contributed by atoms with Crippen molar-refractivity contribution in [3.05, 3.63) is 24.2 Å². The summed E-state index contributed by atoms with van der Waals surface area (Å²) in [5.41, 5.74) is -3.46. The normalized spacial score (nSPS) is 22.4. The lowest BCUT2D eigenvalue weighted by Gasteiger charge is -2.29. The van der Waals surface area contributed by atoms with Gasteiger partial charge in [-0.15, -0.1) is 0 Å². The zero-order valence-corrected chi connectivity index (χ0v) is 10.7. The molecule has 1 aliphatic rings. The van der Waals surface area contributed by atoms with Gasteiger partial charge < -0.3 is 9.73 Å². The molecule has 2 rings (SSSR count). The van der Waals surface area contributed by atoms with Crippen LogP contribution in [0.5, 0.6) is 0 Å². The van der Waals surface area contributed by atoms with E-state index in [9.17, 15) is 27.6 Å². The molecule has 0 unspecified atom stereocenters. The summed E-state index contributed by atoms with van der Waals surface area (Å²) in [4.78, 5) is 35.0. The molecular weight excluding hydrogens is 295 g/mol. The number of amides is 4. The third-order valence-corrected chi connectivity index (χ3v) is 2.79. The highest BCUT2D eigenvalue weighted by Gasteiger charge is 2.68. The molecule has 1 atom stereocenters. The van der Waals surface area contributed by atoms with Crippen LogP contribution in [0, 0.1) is 0 Å². The van der Waals surface area contributed by atoms with Crippen LogP contribution in [0.15, 0.2) is 22.8 Å². The summed E-state index contributed by atoms with van der Waals surface area (Å²) in [5.74, 6) is -2.60. The van der Waals surface area contributed by atoms with Crippen molar-refractivity contribution in [3.63, 3.8) is 0 Å². The quantitative estimate of drug-likeness (QED) is 0.805. The van der Waals surface area contributed by atoms with Crippen molar-refractivity contribution in [2.24, 2.45) is 0 Å². The fourth-order valence-corrected chi connectivity index (χ4v) is 1.89. The molecule has 21 heavy (non-hydrogen) atoms. The number of hydrogen-bond donors (Lipinski definition) is 2. The zero-order chi connectivity index (χ0) is 15.8. The van der Waals surface area contributed by atoms with Crippen LogP contribution >= 0.6 is 0 Å². The van der Waals surface area contributed by atoms with Crippen molar-refractivity contribution in [3.8, 4) is 0 Å². The van der Waals surface area contributed by atoms with E-state index in [0.29, 0.717) is 4.90 Å². The van der Waals surface area contributed by atoms with Crippen LogP contribution in [0.1, 0.15) is 12.7 Å². The summed E-state index contributed by atoms with van der Waals surface area (Å²) in [6.45, 7) is 0.331. The number of carbonyl (C=O) groups excluding carboxylic acids is 3. The number of alkyl halides is 3. The van der Waals surface area contributed by atoms with Gasteiger partial charge in [0.2, 0.25) is 5.91 Å². The van der Waals surface area contributed by atoms with Gasteiger partial charge in [0.25, 0.3) is 11.6 Å². The highest BCUT2D eigenvalue weighted by atomic mass is 19.4. The molecule has 0 saturated carbocycles. The first-order valence-electron chi connectivity index (χ1n) is 5.69. The van der Waals surface area contributed by atoms with E-state index in [2.05, 4.69) is 0 Å². The van der Waals surface area contributed by atoms with E-state index in [1.165, 1.54) is 29.0 Å². The Hall–Kier alpha value is -2.52. The first-order valence-corrected chi connectivity index (χ1v) is 5.69. The van der Waals surface area contributed by atoms with E-state index in [1.807, 2.05) is 0 Å². The Kier molecular flexibility index (Phi) is 3.39. The van der Waals surface area contributed by atoms with Crippen LogP contribution in [0.4, 0.5) is 18.0 Å². The van der Waals surface area contributed by atoms with Crippen molar-refractivity contribution < 1.29 is 32.0 Å². The Morgan fingerprint density at radius 2 is 2.14 bits per heavy atom. The summed E-state index contributed by atoms with van der Waals surface area (Å²) in [7, 11) is 0. The van der Waals surface area contributed by atoms with Gasteiger partial charge in [-0.1, -0.05) is 0 Å². The number of furan rings is 1. The largest absolute Gasteiger partial charge is 0.467 e. The summed E-state index contributed by atoms with van der Waals surface area (Å²) >= 11 is 0. The SMILES string of the molecule is CC(=O)N[C@@]1(C(F)(F)F)NC(=O)N(Cc2ccco2)C1=O. The summed E-state index contributed by atoms with van der Waals surface area (Å²) in [6.07, 6.45) is -3.94. The molecule has 0 aromatic carbocycles. The number of nitrogens with zero attached hydrogens (tertiary/aromatic N) is 1. The van der Waals surface area contributed by atoms with Crippen LogP contribution < -0.4 is 10.6 Å². The second-order valence-electron chi connectivity index (χ2n) is 4.33. The molecule has 2 heterocycles. The minimum atomic E-state index is -5.19. The van der Waals surface area contributed by atoms with Gasteiger partial charge >= 0.3 is 12.2 Å². The lowest BCUT2D eigenvalue weighted by Crippen LogP contribution is -2.69. The van der Waals surface area contributed by atoms with Gasteiger partial charge in [0.1, 0.15) is 5.76 Å². The maximum absolute atomic E-state index is 13.2. The lowest BCUT2D eigenvalue weighted by molar-refractivity contribution is -0.204. The molecule has 1 fully saturated rings. The van der Waals surface area contributed by atoms with Crippen LogP contribution in [0.3, 0.4) is 0 Å². The van der Waals surface area contributed by atoms with Crippen molar-refractivity contribution in [1.82, 2.24) is 15.5 Å². The first-order chi connectivity index (χ1) is 9.67. The molecule has 114 valence electrons. The summed E-state index contributed by atoms with van der Waals surface area (Å²) in [5, 5.41) is 2.96. The molecule has 0 bridgehead atoms. The Labute approximate surface area is 116 Å². The van der Waals surface area contributed by atoms with E-state index in [1.54, 1.807) is 0 Å². The van der Waals surface area contributed by atoms with Gasteiger partial charge in [-0.05, 0) is 12.1 Å². The van der Waals surface area contributed by atoms with Gasteiger partial charge in [0, 0.05) is 6.92 Å². The molecule has 0 radical (unpaired) electrons. The van der Waals surface area contributed by atoms with Gasteiger partial charge in [-0.25, -0.2) is 4.79 Å². The van der Waals surface area contributed by atoms with Crippen molar-refractivity contribution in [1.29, 1.82) is 0 Å². The Morgan fingerprint density at radius 1 is 1.48 bits per heavy atom. The molecule has 1 aromatic heterocycles. The first kappa shape index (κ1) is 14.9. The van der Waals surface area contributed by atoms with E-state index in [0.717, 1.165) is 6.92 Å². The highest BCUT2D eigenvalue weighted by Crippen LogP contribution is 2.34. The van der Waals surface area contributed by atoms with Crippen LogP contribution in [0.25, 0.3) is 0 Å². The van der Waals surface area contributed by atoms with Gasteiger partial charge in [-0.3, -0.25) is 19.8 Å². The van der Waals surface area contributed by atoms with Gasteiger partial charge in [-0.2, -0.15) is 13.2 Å². The molecular formula is C11H10F3N3O4. The Morgan fingerprint density at radius 3 is 2.62 bits per heavy atom. The van der Waals surface area contributed by atoms with E-state index >= 15 is 0 Å². The molecule has 1 saturated heterocycles. The predicted molar refractivity (Wildman–Crippen MR) is 60.4 cm³/mol. The molecule has 2 N–H and O–H groups in total.